The number of benzene rings is 1. The standard InChI is InChI=1S/C16H24N2O3/c1-12(2)8-10-17-16(21)18(11-9-15(19)20)14-6-4-13(3)5-7-14/h4-7,12H,8-11H2,1-3H3,(H,17,21)(H,19,20). The minimum Gasteiger partial charge on any atom is -0.481 e. The van der Waals surface area contributed by atoms with Gasteiger partial charge in [-0.1, -0.05) is 31.5 Å². The summed E-state index contributed by atoms with van der Waals surface area (Å²) in [6, 6.07) is 7.23. The Morgan fingerprint density at radius 1 is 1.24 bits per heavy atom. The Labute approximate surface area is 126 Å². The molecule has 2 N–H and O–H groups in total. The number of aliphatic carboxylic acids is 1. The predicted molar refractivity (Wildman–Crippen MR) is 83.6 cm³/mol. The van der Waals surface area contributed by atoms with Crippen LogP contribution >= 0.6 is 0 Å². The summed E-state index contributed by atoms with van der Waals surface area (Å²) in [6.07, 6.45) is 0.817. The molecule has 0 aliphatic heterocycles. The van der Waals surface area contributed by atoms with Crippen LogP contribution < -0.4 is 10.2 Å². The van der Waals surface area contributed by atoms with Crippen LogP contribution in [0.5, 0.6) is 0 Å². The number of carboxylic acids is 1. The van der Waals surface area contributed by atoms with E-state index in [0.717, 1.165) is 12.0 Å². The van der Waals surface area contributed by atoms with E-state index in [4.69, 9.17) is 5.11 Å². The van der Waals surface area contributed by atoms with Gasteiger partial charge in [0, 0.05) is 18.8 Å². The lowest BCUT2D eigenvalue weighted by Gasteiger charge is -2.23. The molecule has 2 amide bonds. The summed E-state index contributed by atoms with van der Waals surface area (Å²) in [5, 5.41) is 11.7. The maximum absolute atomic E-state index is 12.2. The van der Waals surface area contributed by atoms with Crippen LogP contribution in [0.3, 0.4) is 0 Å². The highest BCUT2D eigenvalue weighted by Gasteiger charge is 2.16. The van der Waals surface area contributed by atoms with E-state index in [1.807, 2.05) is 31.2 Å². The Morgan fingerprint density at radius 3 is 2.38 bits per heavy atom. The molecule has 21 heavy (non-hydrogen) atoms. The van der Waals surface area contributed by atoms with Gasteiger partial charge in [0.05, 0.1) is 6.42 Å². The molecule has 116 valence electrons. The summed E-state index contributed by atoms with van der Waals surface area (Å²) in [4.78, 5) is 24.5. The lowest BCUT2D eigenvalue weighted by atomic mass is 10.1. The molecule has 0 fully saturated rings. The van der Waals surface area contributed by atoms with Gasteiger partial charge in [0.15, 0.2) is 0 Å². The number of carboxylic acid groups (broad SMARTS) is 1. The largest absolute Gasteiger partial charge is 0.481 e. The highest BCUT2D eigenvalue weighted by molar-refractivity contribution is 5.92. The number of aryl methyl sites for hydroxylation is 1. The summed E-state index contributed by atoms with van der Waals surface area (Å²) in [5.41, 5.74) is 1.81. The van der Waals surface area contributed by atoms with Gasteiger partial charge in [-0.3, -0.25) is 9.69 Å². The van der Waals surface area contributed by atoms with Crippen molar-refractivity contribution in [2.75, 3.05) is 18.0 Å². The number of amides is 2. The summed E-state index contributed by atoms with van der Waals surface area (Å²) >= 11 is 0. The second kappa shape index (κ2) is 8.29. The number of hydrogen-bond acceptors (Lipinski definition) is 2. The number of hydrogen-bond donors (Lipinski definition) is 2. The summed E-state index contributed by atoms with van der Waals surface area (Å²) < 4.78 is 0. The third-order valence-corrected chi connectivity index (χ3v) is 3.14. The van der Waals surface area contributed by atoms with Crippen LogP contribution in [-0.4, -0.2) is 30.2 Å². The fraction of sp³-hybridized carbons (Fsp3) is 0.500. The highest BCUT2D eigenvalue weighted by atomic mass is 16.4. The van der Waals surface area contributed by atoms with E-state index in [1.165, 1.54) is 4.90 Å². The zero-order chi connectivity index (χ0) is 15.8. The molecular formula is C16H24N2O3. The first-order valence-electron chi connectivity index (χ1n) is 7.24. The van der Waals surface area contributed by atoms with Crippen LogP contribution in [0.15, 0.2) is 24.3 Å². The molecule has 0 bridgehead atoms. The molecule has 1 rings (SSSR count). The minimum absolute atomic E-state index is 0.0779. The molecule has 0 heterocycles. The van der Waals surface area contributed by atoms with Crippen LogP contribution in [0.1, 0.15) is 32.3 Å². The monoisotopic (exact) mass is 292 g/mol. The summed E-state index contributed by atoms with van der Waals surface area (Å²) in [5.74, 6) is -0.403. The Bertz CT molecular complexity index is 469. The molecule has 0 aliphatic carbocycles. The summed E-state index contributed by atoms with van der Waals surface area (Å²) in [6.45, 7) is 6.90. The molecule has 0 saturated heterocycles. The smallest absolute Gasteiger partial charge is 0.321 e. The van der Waals surface area contributed by atoms with E-state index in [0.29, 0.717) is 18.2 Å². The number of nitrogens with one attached hydrogen (secondary N) is 1. The van der Waals surface area contributed by atoms with E-state index in [1.54, 1.807) is 0 Å². The van der Waals surface area contributed by atoms with Gasteiger partial charge in [0.1, 0.15) is 0 Å². The molecule has 0 saturated carbocycles. The highest BCUT2D eigenvalue weighted by Crippen LogP contribution is 2.16. The van der Waals surface area contributed by atoms with Crippen molar-refractivity contribution < 1.29 is 14.7 Å². The zero-order valence-electron chi connectivity index (χ0n) is 12.9. The molecular weight excluding hydrogens is 268 g/mol. The van der Waals surface area contributed by atoms with Gasteiger partial charge in [0.2, 0.25) is 0 Å². The average molecular weight is 292 g/mol. The maximum atomic E-state index is 12.2. The molecule has 0 spiro atoms. The van der Waals surface area contributed by atoms with Crippen LogP contribution in [-0.2, 0) is 4.79 Å². The molecule has 0 radical (unpaired) electrons. The predicted octanol–water partition coefficient (Wildman–Crippen LogP) is 3.03. The van der Waals surface area contributed by atoms with Crippen molar-refractivity contribution >= 4 is 17.7 Å². The van der Waals surface area contributed by atoms with Gasteiger partial charge in [-0.2, -0.15) is 0 Å². The zero-order valence-corrected chi connectivity index (χ0v) is 12.9. The summed E-state index contributed by atoms with van der Waals surface area (Å²) in [7, 11) is 0. The number of urea groups is 1. The van der Waals surface area contributed by atoms with E-state index in [2.05, 4.69) is 19.2 Å². The first kappa shape index (κ1) is 17.0. The maximum Gasteiger partial charge on any atom is 0.321 e. The molecule has 0 aliphatic rings. The van der Waals surface area contributed by atoms with Crippen LogP contribution in [0.2, 0.25) is 0 Å². The molecule has 5 heteroatoms. The van der Waals surface area contributed by atoms with Crippen molar-refractivity contribution in [2.45, 2.75) is 33.6 Å². The quantitative estimate of drug-likeness (QED) is 0.811. The first-order chi connectivity index (χ1) is 9.90. The normalized spacial score (nSPS) is 10.5. The van der Waals surface area contributed by atoms with Crippen molar-refractivity contribution in [1.29, 1.82) is 0 Å². The van der Waals surface area contributed by atoms with E-state index >= 15 is 0 Å². The molecule has 1 aromatic rings. The lowest BCUT2D eigenvalue weighted by Crippen LogP contribution is -2.41. The number of carbonyl (C=O) groups excluding carboxylic acids is 1. The van der Waals surface area contributed by atoms with Crippen molar-refractivity contribution in [3.05, 3.63) is 29.8 Å². The third kappa shape index (κ3) is 6.29. The molecule has 0 unspecified atom stereocenters. The van der Waals surface area contributed by atoms with Gasteiger partial charge < -0.3 is 10.4 Å². The number of carbonyl (C=O) groups is 2. The fourth-order valence-corrected chi connectivity index (χ4v) is 1.84. The van der Waals surface area contributed by atoms with Gasteiger partial charge in [0.25, 0.3) is 0 Å². The van der Waals surface area contributed by atoms with Gasteiger partial charge >= 0.3 is 12.0 Å². The Hall–Kier alpha value is -2.04. The van der Waals surface area contributed by atoms with Crippen molar-refractivity contribution in [3.63, 3.8) is 0 Å². The Morgan fingerprint density at radius 2 is 1.86 bits per heavy atom. The first-order valence-corrected chi connectivity index (χ1v) is 7.24. The number of nitrogens with zero attached hydrogens (tertiary/aromatic N) is 1. The number of anilines is 1. The molecule has 5 nitrogen and oxygen atoms in total. The van der Waals surface area contributed by atoms with Gasteiger partial charge in [-0.15, -0.1) is 0 Å². The van der Waals surface area contributed by atoms with Crippen molar-refractivity contribution in [1.82, 2.24) is 5.32 Å². The second-order valence-corrected chi connectivity index (χ2v) is 5.55. The van der Waals surface area contributed by atoms with E-state index < -0.39 is 5.97 Å². The minimum atomic E-state index is -0.915. The molecule has 0 aromatic heterocycles. The average Bonchev–Trinajstić information content (AvgIpc) is 2.40. The van der Waals surface area contributed by atoms with Gasteiger partial charge in [-0.25, -0.2) is 4.79 Å². The second-order valence-electron chi connectivity index (χ2n) is 5.55. The topological polar surface area (TPSA) is 69.6 Å². The Kier molecular flexibility index (Phi) is 6.72. The fourth-order valence-electron chi connectivity index (χ4n) is 1.84. The third-order valence-electron chi connectivity index (χ3n) is 3.14. The van der Waals surface area contributed by atoms with E-state index in [-0.39, 0.29) is 19.0 Å². The number of rotatable bonds is 7. The lowest BCUT2D eigenvalue weighted by molar-refractivity contribution is -0.136. The molecule has 1 aromatic carbocycles. The Balaban J connectivity index is 2.73. The van der Waals surface area contributed by atoms with Crippen molar-refractivity contribution in [2.24, 2.45) is 5.92 Å². The van der Waals surface area contributed by atoms with Crippen LogP contribution in [0.4, 0.5) is 10.5 Å². The van der Waals surface area contributed by atoms with Crippen molar-refractivity contribution in [3.8, 4) is 0 Å². The van der Waals surface area contributed by atoms with Gasteiger partial charge in [-0.05, 0) is 31.4 Å². The molecule has 0 atom stereocenters. The van der Waals surface area contributed by atoms with Crippen LogP contribution in [0.25, 0.3) is 0 Å². The SMILES string of the molecule is Cc1ccc(N(CCC(=O)O)C(=O)NCCC(C)C)cc1. The van der Waals surface area contributed by atoms with E-state index in [9.17, 15) is 9.59 Å². The van der Waals surface area contributed by atoms with Crippen LogP contribution in [0, 0.1) is 12.8 Å².